The molecule has 3 nitrogen and oxygen atoms in total. The molecule has 3 atom stereocenters. The minimum Gasteiger partial charge on any atom is -0.396 e. The first-order valence-electron chi connectivity index (χ1n) is 6.94. The lowest BCUT2D eigenvalue weighted by Crippen LogP contribution is -2.40. The number of carbonyl (C=O) groups is 1. The van der Waals surface area contributed by atoms with Gasteiger partial charge >= 0.3 is 0 Å². The molecule has 0 unspecified atom stereocenters. The van der Waals surface area contributed by atoms with Crippen molar-refractivity contribution >= 4 is 5.91 Å². The monoisotopic (exact) mass is 241 g/mol. The largest absolute Gasteiger partial charge is 0.396 e. The molecule has 1 aliphatic rings. The second-order valence-corrected chi connectivity index (χ2v) is 5.80. The van der Waals surface area contributed by atoms with Gasteiger partial charge in [-0.15, -0.1) is 0 Å². The van der Waals surface area contributed by atoms with Crippen LogP contribution in [0.4, 0.5) is 0 Å². The van der Waals surface area contributed by atoms with Crippen LogP contribution in [-0.4, -0.2) is 24.2 Å². The average molecular weight is 241 g/mol. The first-order valence-corrected chi connectivity index (χ1v) is 6.94. The Bertz CT molecular complexity index is 240. The quantitative estimate of drug-likeness (QED) is 0.725. The van der Waals surface area contributed by atoms with Gasteiger partial charge in [-0.25, -0.2) is 0 Å². The summed E-state index contributed by atoms with van der Waals surface area (Å²) in [6.07, 6.45) is 4.11. The molecule has 100 valence electrons. The average Bonchev–Trinajstić information content (AvgIpc) is 2.28. The first-order chi connectivity index (χ1) is 8.06. The number of nitrogens with one attached hydrogen (secondary N) is 1. The standard InChI is InChI=1S/C14H27NO2/c1-10(2)12-6-5-11(3)9-13(12)14(17)15-7-4-8-16/h10-13,16H,4-9H2,1-3H3,(H,15,17)/t11-,12-,13+/m1/s1. The fourth-order valence-electron chi connectivity index (χ4n) is 2.93. The number of carbonyl (C=O) groups excluding carboxylic acids is 1. The van der Waals surface area contributed by atoms with E-state index >= 15 is 0 Å². The molecule has 0 aliphatic heterocycles. The van der Waals surface area contributed by atoms with Gasteiger partial charge in [0.2, 0.25) is 5.91 Å². The van der Waals surface area contributed by atoms with Gasteiger partial charge in [-0.1, -0.05) is 27.2 Å². The minimum absolute atomic E-state index is 0.148. The van der Waals surface area contributed by atoms with Crippen LogP contribution in [0, 0.1) is 23.7 Å². The molecule has 0 radical (unpaired) electrons. The topological polar surface area (TPSA) is 49.3 Å². The zero-order chi connectivity index (χ0) is 12.8. The molecule has 0 spiro atoms. The van der Waals surface area contributed by atoms with Crippen molar-refractivity contribution in [3.8, 4) is 0 Å². The summed E-state index contributed by atoms with van der Waals surface area (Å²) in [7, 11) is 0. The van der Waals surface area contributed by atoms with Gasteiger partial charge in [-0.3, -0.25) is 4.79 Å². The second kappa shape index (κ2) is 7.00. The third-order valence-corrected chi connectivity index (χ3v) is 3.99. The van der Waals surface area contributed by atoms with Crippen LogP contribution in [0.15, 0.2) is 0 Å². The van der Waals surface area contributed by atoms with E-state index in [2.05, 4.69) is 26.1 Å². The summed E-state index contributed by atoms with van der Waals surface area (Å²) in [4.78, 5) is 12.1. The number of aliphatic hydroxyl groups excluding tert-OH is 1. The van der Waals surface area contributed by atoms with Crippen molar-refractivity contribution in [2.45, 2.75) is 46.5 Å². The fraction of sp³-hybridized carbons (Fsp3) is 0.929. The molecule has 1 fully saturated rings. The SMILES string of the molecule is CC(C)[C@H]1CC[C@@H](C)C[C@@H]1C(=O)NCCCO. The van der Waals surface area contributed by atoms with Crippen LogP contribution in [0.2, 0.25) is 0 Å². The van der Waals surface area contributed by atoms with Crippen molar-refractivity contribution in [1.82, 2.24) is 5.32 Å². The van der Waals surface area contributed by atoms with Crippen molar-refractivity contribution < 1.29 is 9.90 Å². The lowest BCUT2D eigenvalue weighted by Gasteiger charge is -2.36. The molecule has 1 saturated carbocycles. The summed E-state index contributed by atoms with van der Waals surface area (Å²) in [5, 5.41) is 11.7. The Kier molecular flexibility index (Phi) is 5.96. The third-order valence-electron chi connectivity index (χ3n) is 3.99. The smallest absolute Gasteiger partial charge is 0.223 e. The van der Waals surface area contributed by atoms with Crippen LogP contribution < -0.4 is 5.32 Å². The molecule has 0 aromatic heterocycles. The molecule has 0 heterocycles. The summed E-state index contributed by atoms with van der Waals surface area (Å²) in [6, 6.07) is 0. The minimum atomic E-state index is 0.148. The highest BCUT2D eigenvalue weighted by Crippen LogP contribution is 2.37. The third kappa shape index (κ3) is 4.30. The van der Waals surface area contributed by atoms with Gasteiger partial charge in [0.05, 0.1) is 0 Å². The molecule has 1 aliphatic carbocycles. The van der Waals surface area contributed by atoms with Gasteiger partial charge in [0.25, 0.3) is 0 Å². The highest BCUT2D eigenvalue weighted by molar-refractivity contribution is 5.79. The molecule has 1 amide bonds. The van der Waals surface area contributed by atoms with Crippen LogP contribution in [0.25, 0.3) is 0 Å². The van der Waals surface area contributed by atoms with Crippen molar-refractivity contribution in [2.75, 3.05) is 13.2 Å². The first kappa shape index (κ1) is 14.5. The van der Waals surface area contributed by atoms with Gasteiger partial charge in [-0.2, -0.15) is 0 Å². The molecule has 0 aromatic rings. The van der Waals surface area contributed by atoms with E-state index in [0.717, 1.165) is 6.42 Å². The van der Waals surface area contributed by atoms with Gasteiger partial charge in [0, 0.05) is 19.1 Å². The van der Waals surface area contributed by atoms with Crippen molar-refractivity contribution in [3.05, 3.63) is 0 Å². The van der Waals surface area contributed by atoms with Crippen LogP contribution >= 0.6 is 0 Å². The number of rotatable bonds is 5. The van der Waals surface area contributed by atoms with Crippen LogP contribution in [0.1, 0.15) is 46.5 Å². The summed E-state index contributed by atoms with van der Waals surface area (Å²) in [5.41, 5.74) is 0. The van der Waals surface area contributed by atoms with Gasteiger partial charge in [-0.05, 0) is 37.0 Å². The van der Waals surface area contributed by atoms with E-state index in [-0.39, 0.29) is 18.4 Å². The second-order valence-electron chi connectivity index (χ2n) is 5.80. The fourth-order valence-corrected chi connectivity index (χ4v) is 2.93. The zero-order valence-electron chi connectivity index (χ0n) is 11.4. The lowest BCUT2D eigenvalue weighted by atomic mass is 9.70. The van der Waals surface area contributed by atoms with E-state index in [1.54, 1.807) is 0 Å². The molecule has 3 heteroatoms. The van der Waals surface area contributed by atoms with Crippen LogP contribution in [0.5, 0.6) is 0 Å². The lowest BCUT2D eigenvalue weighted by molar-refractivity contribution is -0.129. The van der Waals surface area contributed by atoms with E-state index in [1.807, 2.05) is 0 Å². The van der Waals surface area contributed by atoms with Gasteiger partial charge < -0.3 is 10.4 Å². The highest BCUT2D eigenvalue weighted by Gasteiger charge is 2.34. The molecular formula is C14H27NO2. The van der Waals surface area contributed by atoms with E-state index in [4.69, 9.17) is 5.11 Å². The number of amides is 1. The van der Waals surface area contributed by atoms with Crippen molar-refractivity contribution in [1.29, 1.82) is 0 Å². The molecule has 0 saturated heterocycles. The Balaban J connectivity index is 2.53. The Labute approximate surface area is 105 Å². The number of hydrogen-bond donors (Lipinski definition) is 2. The van der Waals surface area contributed by atoms with E-state index in [9.17, 15) is 4.79 Å². The van der Waals surface area contributed by atoms with Gasteiger partial charge in [0.1, 0.15) is 0 Å². The Morgan fingerprint density at radius 3 is 2.71 bits per heavy atom. The summed E-state index contributed by atoms with van der Waals surface area (Å²) in [6.45, 7) is 7.42. The highest BCUT2D eigenvalue weighted by atomic mass is 16.3. The Morgan fingerprint density at radius 2 is 2.12 bits per heavy atom. The Morgan fingerprint density at radius 1 is 1.41 bits per heavy atom. The predicted molar refractivity (Wildman–Crippen MR) is 69.5 cm³/mol. The predicted octanol–water partition coefficient (Wildman–Crippen LogP) is 2.19. The molecule has 0 bridgehead atoms. The maximum Gasteiger partial charge on any atom is 0.223 e. The van der Waals surface area contributed by atoms with Crippen molar-refractivity contribution in [3.63, 3.8) is 0 Å². The summed E-state index contributed by atoms with van der Waals surface area (Å²) in [5.74, 6) is 2.15. The molecule has 17 heavy (non-hydrogen) atoms. The molecular weight excluding hydrogens is 214 g/mol. The molecule has 1 rings (SSSR count). The summed E-state index contributed by atoms with van der Waals surface area (Å²) >= 11 is 0. The van der Waals surface area contributed by atoms with Gasteiger partial charge in [0.15, 0.2) is 0 Å². The van der Waals surface area contributed by atoms with E-state index in [1.165, 1.54) is 12.8 Å². The maximum absolute atomic E-state index is 12.1. The Hall–Kier alpha value is -0.570. The van der Waals surface area contributed by atoms with E-state index in [0.29, 0.717) is 30.7 Å². The number of aliphatic hydroxyl groups is 1. The van der Waals surface area contributed by atoms with E-state index < -0.39 is 0 Å². The summed E-state index contributed by atoms with van der Waals surface area (Å²) < 4.78 is 0. The molecule has 0 aromatic carbocycles. The van der Waals surface area contributed by atoms with Crippen LogP contribution in [-0.2, 0) is 4.79 Å². The normalized spacial score (nSPS) is 29.4. The molecule has 2 N–H and O–H groups in total. The van der Waals surface area contributed by atoms with Crippen LogP contribution in [0.3, 0.4) is 0 Å². The van der Waals surface area contributed by atoms with Crippen molar-refractivity contribution in [2.24, 2.45) is 23.7 Å². The zero-order valence-corrected chi connectivity index (χ0v) is 11.4. The number of hydrogen-bond acceptors (Lipinski definition) is 2. The maximum atomic E-state index is 12.1.